The summed E-state index contributed by atoms with van der Waals surface area (Å²) in [6.07, 6.45) is 31.8. The molecule has 0 radical (unpaired) electrons. The third-order valence-corrected chi connectivity index (χ3v) is 41.8. The van der Waals surface area contributed by atoms with E-state index >= 15 is 0 Å². The lowest BCUT2D eigenvalue weighted by Gasteiger charge is -2.65. The summed E-state index contributed by atoms with van der Waals surface area (Å²) in [6.45, 7) is 48.5. The molecule has 3 N–H and O–H groups in total. The van der Waals surface area contributed by atoms with Crippen LogP contribution in [0.1, 0.15) is 410 Å². The van der Waals surface area contributed by atoms with Gasteiger partial charge in [0, 0.05) is 85.2 Å². The van der Waals surface area contributed by atoms with Gasteiger partial charge in [0.2, 0.25) is 0 Å². The van der Waals surface area contributed by atoms with Gasteiger partial charge in [-0.15, -0.1) is 0 Å². The molecule has 844 valence electrons. The van der Waals surface area contributed by atoms with Gasteiger partial charge in [-0.25, -0.2) is 0 Å². The number of rotatable bonds is 30. The van der Waals surface area contributed by atoms with Crippen molar-refractivity contribution in [3.63, 3.8) is 0 Å². The van der Waals surface area contributed by atoms with Gasteiger partial charge in [-0.2, -0.15) is 0 Å². The zero-order valence-electron chi connectivity index (χ0n) is 94.4. The molecule has 0 amide bonds. The van der Waals surface area contributed by atoms with Gasteiger partial charge in [0.15, 0.2) is 23.4 Å². The lowest BCUT2D eigenvalue weighted by Crippen LogP contribution is -2.69. The molecule has 32 nitrogen and oxygen atoms in total. The summed E-state index contributed by atoms with van der Waals surface area (Å²) in [6, 6.07) is 0. The second-order valence-electron chi connectivity index (χ2n) is 54.7. The Morgan fingerprint density at radius 2 is 0.733 bits per heavy atom. The zero-order chi connectivity index (χ0) is 110. The van der Waals surface area contributed by atoms with Crippen molar-refractivity contribution in [2.24, 2.45) is 143 Å². The topological polar surface area (TPSA) is 438 Å². The molecule has 23 aliphatic rings. The minimum Gasteiger partial charge on any atom is -0.481 e. The third-order valence-electron chi connectivity index (χ3n) is 41.8. The van der Waals surface area contributed by atoms with Crippen molar-refractivity contribution in [3.8, 4) is 0 Å². The highest BCUT2D eigenvalue weighted by molar-refractivity contribution is 6.03. The van der Waals surface area contributed by atoms with Crippen molar-refractivity contribution in [2.45, 2.75) is 500 Å². The summed E-state index contributed by atoms with van der Waals surface area (Å²) in [5, 5.41) is 28.2. The van der Waals surface area contributed by atoms with E-state index < -0.39 is 128 Å². The Bertz CT molecular complexity index is 4850. The Balaban J connectivity index is 0.000000132. The van der Waals surface area contributed by atoms with Gasteiger partial charge in [0.25, 0.3) is 0 Å². The molecule has 6 saturated heterocycles. The maximum absolute atomic E-state index is 13.2. The van der Waals surface area contributed by atoms with E-state index in [1.165, 1.54) is 57.8 Å². The van der Waals surface area contributed by atoms with Crippen LogP contribution in [-0.2, 0) is 138 Å². The van der Waals surface area contributed by atoms with Crippen LogP contribution in [0.3, 0.4) is 0 Å². The van der Waals surface area contributed by atoms with E-state index in [0.29, 0.717) is 56.3 Å². The molecule has 16 bridgehead atoms. The second kappa shape index (κ2) is 43.1. The van der Waals surface area contributed by atoms with E-state index in [9.17, 15) is 82.4 Å². The van der Waals surface area contributed by atoms with Gasteiger partial charge in [-0.1, -0.05) is 61.8 Å². The lowest BCUT2D eigenvalue weighted by atomic mass is 9.46. The van der Waals surface area contributed by atoms with E-state index in [1.807, 2.05) is 118 Å². The molecule has 25 atom stereocenters. The van der Waals surface area contributed by atoms with E-state index in [-0.39, 0.29) is 165 Å². The standard InChI is InChI=1S/C26H42O6.C19H32O2.3C15H20O6.C14H20O4.C14H26O2/c1-4-23(2,3)22(27)32-26-15-19-13-24(17-26,30-20-9-5-7-11-28-20)16-25(14-19,18-26)31-21-10-6-8-12-29-21;1-6-17(2,3)16(20)21-18(4,5)19-10-13-7-14(11-19)9-15(8-13)12-19;2*1-4-14(2,3)12(18)20-9-7-5-8-10(9)21-13(19)15(8,6-7)11(16)17;1-4-15(2,3)14(19)21-11-6-5-7-9(8(6)12(16)17)13(18)20-10(7)11;1-4-14(2,3)13(16)18-10-7-5-8-9(6-7)12(15)17-11(8)10;1-5-13(3,4)12(15)16-14(6-2)10-8-7-9-11-14/h19-21H,4-18H2,1-3H3;13-15H,6-12H2,1-5H3;2*7-10H,4-6H2,1-3H3,(H,16,17);6-11H,4-5H2,1-3H3,(H,16,17);7-11H,4-6H2,1-3H3;5-11H2,1-4H3. The van der Waals surface area contributed by atoms with Crippen LogP contribution in [0.15, 0.2) is 0 Å². The van der Waals surface area contributed by atoms with Crippen molar-refractivity contribution in [1.82, 2.24) is 0 Å². The quantitative estimate of drug-likeness (QED) is 0.0341. The van der Waals surface area contributed by atoms with Crippen molar-refractivity contribution >= 4 is 83.6 Å². The molecule has 0 aromatic heterocycles. The van der Waals surface area contributed by atoms with Gasteiger partial charge < -0.3 is 86.4 Å². The number of hydrogen-bond acceptors (Lipinski definition) is 29. The first-order valence-corrected chi connectivity index (χ1v) is 57.7. The van der Waals surface area contributed by atoms with Crippen LogP contribution in [0.25, 0.3) is 0 Å². The molecule has 23 fully saturated rings. The molecule has 25 unspecified atom stereocenters. The number of esters is 11. The fraction of sp³-hybridized carbons (Fsp3) is 0.881. The van der Waals surface area contributed by atoms with Crippen LogP contribution in [0.5, 0.6) is 0 Å². The third kappa shape index (κ3) is 22.0. The minimum atomic E-state index is -1.40. The average Bonchev–Trinajstić information content (AvgIpc) is 1.45. The van der Waals surface area contributed by atoms with Gasteiger partial charge >= 0.3 is 83.6 Å². The Kier molecular flexibility index (Phi) is 33.4. The molecule has 6 heterocycles. The number of aliphatic carboxylic acids is 3. The Morgan fingerprint density at radius 3 is 1.13 bits per heavy atom. The summed E-state index contributed by atoms with van der Waals surface area (Å²) < 4.78 is 87.6. The Hall–Kier alpha value is -7.58. The maximum atomic E-state index is 13.2. The predicted molar refractivity (Wildman–Crippen MR) is 544 cm³/mol. The minimum absolute atomic E-state index is 0.00857. The molecular weight excluding hydrogens is 1930 g/mol. The number of fused-ring (bicyclic) bond motifs is 4. The van der Waals surface area contributed by atoms with Crippen molar-refractivity contribution < 1.29 is 153 Å². The van der Waals surface area contributed by atoms with Gasteiger partial charge in [0.1, 0.15) is 65.6 Å². The van der Waals surface area contributed by atoms with E-state index in [2.05, 4.69) is 34.6 Å². The van der Waals surface area contributed by atoms with Crippen LogP contribution in [0, 0.1) is 143 Å². The molecule has 23 rings (SSSR count). The monoisotopic (exact) mass is 2110 g/mol. The summed E-state index contributed by atoms with van der Waals surface area (Å²) >= 11 is 0. The van der Waals surface area contributed by atoms with Crippen LogP contribution >= 0.6 is 0 Å². The highest BCUT2D eigenvalue weighted by atomic mass is 16.7. The van der Waals surface area contributed by atoms with Crippen LogP contribution in [-0.4, -0.2) is 202 Å². The fourth-order valence-electron chi connectivity index (χ4n) is 30.0. The van der Waals surface area contributed by atoms with E-state index in [1.54, 1.807) is 13.8 Å². The predicted octanol–water partition coefficient (Wildman–Crippen LogP) is 20.2. The first kappa shape index (κ1) is 116. The number of carbonyl (C=O) groups excluding carboxylic acids is 11. The summed E-state index contributed by atoms with van der Waals surface area (Å²) in [4.78, 5) is 169. The van der Waals surface area contributed by atoms with Crippen molar-refractivity contribution in [3.05, 3.63) is 0 Å². The first-order chi connectivity index (χ1) is 70.1. The molecule has 17 aliphatic carbocycles. The van der Waals surface area contributed by atoms with Crippen LogP contribution in [0.2, 0.25) is 0 Å². The zero-order valence-corrected chi connectivity index (χ0v) is 94.4. The second-order valence-corrected chi connectivity index (χ2v) is 54.7. The van der Waals surface area contributed by atoms with Crippen LogP contribution < -0.4 is 0 Å². The maximum Gasteiger partial charge on any atom is 0.324 e. The van der Waals surface area contributed by atoms with E-state index in [4.69, 9.17) is 71.1 Å². The first-order valence-electron chi connectivity index (χ1n) is 57.7. The number of carboxylic acids is 3. The summed E-state index contributed by atoms with van der Waals surface area (Å²) in [5.74, 6) is -5.22. The van der Waals surface area contributed by atoms with Gasteiger partial charge in [-0.3, -0.25) is 67.1 Å². The normalized spacial score (nSPS) is 38.8. The number of carboxylic acid groups (broad SMARTS) is 3. The van der Waals surface area contributed by atoms with Gasteiger partial charge in [-0.05, 0) is 353 Å². The number of ether oxygens (including phenoxy) is 15. The Morgan fingerprint density at radius 1 is 0.353 bits per heavy atom. The molecule has 17 saturated carbocycles. The molecule has 6 aliphatic heterocycles. The average molecular weight is 2110 g/mol. The molecule has 150 heavy (non-hydrogen) atoms. The fourth-order valence-corrected chi connectivity index (χ4v) is 30.0. The largest absolute Gasteiger partial charge is 0.481 e. The SMILES string of the molecule is CCC(C)(C)C(=O)OC(C)(C)C12CC3CC(CC(C3)C1)C2.CCC(C)(C)C(=O)OC12CC3CC(OC4CCCCO4)(C1)CC(OC1CCCCO1)(C3)C2.CCC(C)(C)C(=O)OC1C2CC3C(=O)OC1C3C2.CCC(C)(C)C(=O)OC1C2CC3C1OC(=O)C3(C(=O)O)C2.CCC(C)(C)C(=O)OC1C2CC3C1OC(=O)C3(C(=O)O)C2.CCC(C)(C)C(=O)OC1C2CC3C1OC(=O)C3C2C(=O)O.CCC1(OC(=O)C(C)(C)CC)CCCCC1. The van der Waals surface area contributed by atoms with Crippen molar-refractivity contribution in [1.29, 1.82) is 0 Å². The molecular formula is C118H180O32. The number of carbonyl (C=O) groups is 14. The number of hydrogen-bond donors (Lipinski definition) is 3. The molecule has 0 aromatic carbocycles. The van der Waals surface area contributed by atoms with Gasteiger partial charge in [0.05, 0.1) is 66.9 Å². The van der Waals surface area contributed by atoms with E-state index in [0.717, 1.165) is 166 Å². The smallest absolute Gasteiger partial charge is 0.324 e. The van der Waals surface area contributed by atoms with Crippen molar-refractivity contribution in [2.75, 3.05) is 13.2 Å². The highest BCUT2D eigenvalue weighted by Gasteiger charge is 2.78. The molecule has 32 heteroatoms. The summed E-state index contributed by atoms with van der Waals surface area (Å²) in [7, 11) is 0. The highest BCUT2D eigenvalue weighted by Crippen LogP contribution is 2.70. The van der Waals surface area contributed by atoms with Crippen LogP contribution in [0.4, 0.5) is 0 Å². The lowest BCUT2D eigenvalue weighted by molar-refractivity contribution is -0.344. The molecule has 0 spiro atoms. The molecule has 0 aromatic rings. The Labute approximate surface area is 888 Å². The summed E-state index contributed by atoms with van der Waals surface area (Å²) in [5.41, 5.74) is -7.64.